The number of carboxylic acids is 1. The van der Waals surface area contributed by atoms with E-state index in [1.807, 2.05) is 6.07 Å². The fourth-order valence-electron chi connectivity index (χ4n) is 2.35. The van der Waals surface area contributed by atoms with Gasteiger partial charge >= 0.3 is 5.97 Å². The minimum absolute atomic E-state index is 0.0121. The number of benzene rings is 1. The Morgan fingerprint density at radius 2 is 2.17 bits per heavy atom. The maximum Gasteiger partial charge on any atom is 0.334 e. The standard InChI is InChI=1S/C15H14ClN3O4/c16-10-2-1-3-11(8-10)19-5-4-12(17-19)14(20)18-6-7-23-13(9-18)15(21)22/h1-5,8,13H,6-7,9H2,(H,21,22)/t13-/m1/s1. The largest absolute Gasteiger partial charge is 0.479 e. The molecule has 8 heteroatoms. The van der Waals surface area contributed by atoms with Crippen molar-refractivity contribution in [1.82, 2.24) is 14.7 Å². The lowest BCUT2D eigenvalue weighted by Crippen LogP contribution is -2.48. The van der Waals surface area contributed by atoms with E-state index in [0.717, 1.165) is 5.69 Å². The molecule has 1 amide bonds. The number of hydrogen-bond acceptors (Lipinski definition) is 4. The van der Waals surface area contributed by atoms with Crippen molar-refractivity contribution in [3.8, 4) is 5.69 Å². The molecule has 2 heterocycles. The Balaban J connectivity index is 1.77. The Bertz CT molecular complexity index is 746. The summed E-state index contributed by atoms with van der Waals surface area (Å²) in [5.74, 6) is -1.40. The van der Waals surface area contributed by atoms with Gasteiger partial charge in [-0.2, -0.15) is 5.10 Å². The first-order valence-electron chi connectivity index (χ1n) is 7.00. The highest BCUT2D eigenvalue weighted by Crippen LogP contribution is 2.15. The average Bonchev–Trinajstić information content (AvgIpc) is 3.04. The summed E-state index contributed by atoms with van der Waals surface area (Å²) in [7, 11) is 0. The van der Waals surface area contributed by atoms with Gasteiger partial charge in [-0.05, 0) is 24.3 Å². The van der Waals surface area contributed by atoms with Gasteiger partial charge in [-0.25, -0.2) is 9.48 Å². The minimum atomic E-state index is -1.08. The molecule has 0 aliphatic carbocycles. The second-order valence-electron chi connectivity index (χ2n) is 5.07. The highest BCUT2D eigenvalue weighted by Gasteiger charge is 2.30. The van der Waals surface area contributed by atoms with Gasteiger partial charge in [0.1, 0.15) is 0 Å². The zero-order valence-corrected chi connectivity index (χ0v) is 12.8. The number of carbonyl (C=O) groups excluding carboxylic acids is 1. The maximum atomic E-state index is 12.5. The number of aliphatic carboxylic acids is 1. The van der Waals surface area contributed by atoms with Crippen LogP contribution in [-0.4, -0.2) is 57.5 Å². The summed E-state index contributed by atoms with van der Waals surface area (Å²) in [5.41, 5.74) is 0.984. The molecule has 1 aromatic carbocycles. The summed E-state index contributed by atoms with van der Waals surface area (Å²) in [6.45, 7) is 0.544. The SMILES string of the molecule is O=C(O)[C@H]1CN(C(=O)c2ccn(-c3cccc(Cl)c3)n2)CCO1. The lowest BCUT2D eigenvalue weighted by molar-refractivity contribution is -0.154. The van der Waals surface area contributed by atoms with Crippen LogP contribution in [0.2, 0.25) is 5.02 Å². The zero-order chi connectivity index (χ0) is 16.4. The molecule has 0 unspecified atom stereocenters. The lowest BCUT2D eigenvalue weighted by Gasteiger charge is -2.30. The predicted octanol–water partition coefficient (Wildman–Crippen LogP) is 1.45. The van der Waals surface area contributed by atoms with E-state index in [9.17, 15) is 9.59 Å². The Kier molecular flexibility index (Phi) is 4.31. The third-order valence-corrected chi connectivity index (χ3v) is 3.75. The van der Waals surface area contributed by atoms with Crippen molar-refractivity contribution in [3.63, 3.8) is 0 Å². The molecule has 1 fully saturated rings. The zero-order valence-electron chi connectivity index (χ0n) is 12.1. The second kappa shape index (κ2) is 6.39. The molecule has 1 aliphatic rings. The number of carboxylic acid groups (broad SMARTS) is 1. The molecule has 1 aliphatic heterocycles. The van der Waals surface area contributed by atoms with Crippen molar-refractivity contribution in [2.45, 2.75) is 6.10 Å². The molecule has 3 rings (SSSR count). The van der Waals surface area contributed by atoms with Crippen LogP contribution in [0.3, 0.4) is 0 Å². The van der Waals surface area contributed by atoms with E-state index >= 15 is 0 Å². The molecule has 2 aromatic rings. The van der Waals surface area contributed by atoms with E-state index in [0.29, 0.717) is 11.6 Å². The van der Waals surface area contributed by atoms with E-state index < -0.39 is 12.1 Å². The molecule has 1 aromatic heterocycles. The van der Waals surface area contributed by atoms with Crippen LogP contribution in [0.1, 0.15) is 10.5 Å². The van der Waals surface area contributed by atoms with E-state index in [1.165, 1.54) is 4.90 Å². The molecule has 0 bridgehead atoms. The molecular formula is C15H14ClN3O4. The number of ether oxygens (including phenoxy) is 1. The van der Waals surface area contributed by atoms with Gasteiger partial charge in [-0.1, -0.05) is 17.7 Å². The van der Waals surface area contributed by atoms with Gasteiger partial charge in [0.05, 0.1) is 18.8 Å². The third kappa shape index (κ3) is 3.35. The smallest absolute Gasteiger partial charge is 0.334 e. The van der Waals surface area contributed by atoms with Crippen molar-refractivity contribution in [3.05, 3.63) is 47.2 Å². The van der Waals surface area contributed by atoms with Crippen LogP contribution < -0.4 is 0 Å². The van der Waals surface area contributed by atoms with E-state index in [4.69, 9.17) is 21.4 Å². The number of rotatable bonds is 3. The topological polar surface area (TPSA) is 84.7 Å². The number of aromatic nitrogens is 2. The quantitative estimate of drug-likeness (QED) is 0.917. The van der Waals surface area contributed by atoms with Crippen molar-refractivity contribution in [2.24, 2.45) is 0 Å². The fourth-order valence-corrected chi connectivity index (χ4v) is 2.53. The Hall–Kier alpha value is -2.38. The van der Waals surface area contributed by atoms with Gasteiger partial charge in [0, 0.05) is 17.8 Å². The number of halogens is 1. The van der Waals surface area contributed by atoms with Gasteiger partial charge < -0.3 is 14.7 Å². The van der Waals surface area contributed by atoms with Crippen molar-refractivity contribution in [2.75, 3.05) is 19.7 Å². The first kappa shape index (κ1) is 15.5. The van der Waals surface area contributed by atoms with Gasteiger partial charge in [-0.15, -0.1) is 0 Å². The molecule has 0 radical (unpaired) electrons. The average molecular weight is 336 g/mol. The van der Waals surface area contributed by atoms with Gasteiger partial charge in [0.15, 0.2) is 11.8 Å². The van der Waals surface area contributed by atoms with Crippen LogP contribution in [0, 0.1) is 0 Å². The summed E-state index contributed by atoms with van der Waals surface area (Å²) in [6.07, 6.45) is 0.663. The number of nitrogens with zero attached hydrogens (tertiary/aromatic N) is 3. The van der Waals surface area contributed by atoms with Crippen LogP contribution in [0.25, 0.3) is 5.69 Å². The van der Waals surface area contributed by atoms with Gasteiger partial charge in [0.25, 0.3) is 5.91 Å². The molecule has 1 saturated heterocycles. The van der Waals surface area contributed by atoms with Crippen molar-refractivity contribution >= 4 is 23.5 Å². The maximum absolute atomic E-state index is 12.5. The third-order valence-electron chi connectivity index (χ3n) is 3.51. The Morgan fingerprint density at radius 1 is 1.35 bits per heavy atom. The number of hydrogen-bond donors (Lipinski definition) is 1. The Labute approximate surface area is 137 Å². The molecule has 0 saturated carbocycles. The highest BCUT2D eigenvalue weighted by molar-refractivity contribution is 6.30. The predicted molar refractivity (Wildman–Crippen MR) is 81.9 cm³/mol. The summed E-state index contributed by atoms with van der Waals surface area (Å²) in [4.78, 5) is 24.9. The number of carbonyl (C=O) groups is 2. The lowest BCUT2D eigenvalue weighted by atomic mass is 10.2. The van der Waals surface area contributed by atoms with Crippen LogP contribution in [0.15, 0.2) is 36.5 Å². The van der Waals surface area contributed by atoms with Crippen LogP contribution >= 0.6 is 11.6 Å². The van der Waals surface area contributed by atoms with Crippen LogP contribution in [0.4, 0.5) is 0 Å². The summed E-state index contributed by atoms with van der Waals surface area (Å²) >= 11 is 5.95. The van der Waals surface area contributed by atoms with Gasteiger partial charge in [0.2, 0.25) is 0 Å². The van der Waals surface area contributed by atoms with Crippen LogP contribution in [0.5, 0.6) is 0 Å². The molecule has 23 heavy (non-hydrogen) atoms. The minimum Gasteiger partial charge on any atom is -0.479 e. The van der Waals surface area contributed by atoms with Crippen LogP contribution in [-0.2, 0) is 9.53 Å². The first-order valence-corrected chi connectivity index (χ1v) is 7.37. The molecular weight excluding hydrogens is 322 g/mol. The summed E-state index contributed by atoms with van der Waals surface area (Å²) < 4.78 is 6.66. The first-order chi connectivity index (χ1) is 11.0. The molecule has 1 N–H and O–H groups in total. The van der Waals surface area contributed by atoms with Crippen molar-refractivity contribution in [1.29, 1.82) is 0 Å². The summed E-state index contributed by atoms with van der Waals surface area (Å²) in [6, 6.07) is 8.69. The monoisotopic (exact) mass is 335 g/mol. The molecule has 120 valence electrons. The van der Waals surface area contributed by atoms with Crippen molar-refractivity contribution < 1.29 is 19.4 Å². The normalized spacial score (nSPS) is 18.0. The van der Waals surface area contributed by atoms with E-state index in [2.05, 4.69) is 5.10 Å². The summed E-state index contributed by atoms with van der Waals surface area (Å²) in [5, 5.41) is 13.8. The van der Waals surface area contributed by atoms with Gasteiger partial charge in [-0.3, -0.25) is 4.79 Å². The molecule has 1 atom stereocenters. The molecule has 0 spiro atoms. The van der Waals surface area contributed by atoms with E-state index in [1.54, 1.807) is 35.1 Å². The fraction of sp³-hybridized carbons (Fsp3) is 0.267. The van der Waals surface area contributed by atoms with E-state index in [-0.39, 0.29) is 24.8 Å². The molecule has 7 nitrogen and oxygen atoms in total. The number of amides is 1. The Morgan fingerprint density at radius 3 is 2.91 bits per heavy atom. The highest BCUT2D eigenvalue weighted by atomic mass is 35.5. The second-order valence-corrected chi connectivity index (χ2v) is 5.51. The number of morpholine rings is 1.